The molecule has 0 aliphatic carbocycles. The van der Waals surface area contributed by atoms with Crippen LogP contribution in [-0.2, 0) is 0 Å². The van der Waals surface area contributed by atoms with Crippen LogP contribution in [0.1, 0.15) is 26.7 Å². The molecule has 0 aliphatic heterocycles. The van der Waals surface area contributed by atoms with E-state index in [1.165, 1.54) is 10.7 Å². The van der Waals surface area contributed by atoms with E-state index in [0.29, 0.717) is 17.1 Å². The molecule has 0 saturated carbocycles. The first-order chi connectivity index (χ1) is 11.5. The predicted molar refractivity (Wildman–Crippen MR) is 83.4 cm³/mol. The minimum atomic E-state index is -1.26. The lowest BCUT2D eigenvalue weighted by atomic mass is 10.2. The number of aromatic carboxylic acids is 1. The summed E-state index contributed by atoms with van der Waals surface area (Å²) in [5, 5.41) is 15.5. The molecule has 9 heteroatoms. The number of fused-ring (bicyclic) bond motifs is 1. The number of rotatable bonds is 4. The molecule has 9 nitrogen and oxygen atoms in total. The van der Waals surface area contributed by atoms with Crippen LogP contribution in [0.15, 0.2) is 30.5 Å². The van der Waals surface area contributed by atoms with Gasteiger partial charge in [-0.05, 0) is 31.2 Å². The van der Waals surface area contributed by atoms with Gasteiger partial charge in [-0.25, -0.2) is 9.78 Å². The maximum Gasteiger partial charge on any atom is 0.375 e. The van der Waals surface area contributed by atoms with Gasteiger partial charge in [0.1, 0.15) is 5.75 Å². The number of nitrogens with one attached hydrogen (secondary N) is 1. The van der Waals surface area contributed by atoms with Crippen molar-refractivity contribution in [3.63, 3.8) is 0 Å². The summed E-state index contributed by atoms with van der Waals surface area (Å²) in [6.07, 6.45) is 1.34. The number of carbonyl (C=O) groups excluding carboxylic acids is 1. The average molecular weight is 327 g/mol. The van der Waals surface area contributed by atoms with Crippen molar-refractivity contribution >= 4 is 23.3 Å². The zero-order valence-electron chi connectivity index (χ0n) is 12.8. The van der Waals surface area contributed by atoms with Gasteiger partial charge in [-0.1, -0.05) is 0 Å². The Hall–Kier alpha value is -3.49. The lowest BCUT2D eigenvalue weighted by molar-refractivity contribution is 0.0683. The highest BCUT2D eigenvalue weighted by Gasteiger charge is 2.18. The van der Waals surface area contributed by atoms with Gasteiger partial charge in [-0.15, -0.1) is 5.10 Å². The second-order valence-electron chi connectivity index (χ2n) is 4.89. The van der Waals surface area contributed by atoms with Crippen molar-refractivity contribution in [2.45, 2.75) is 6.92 Å². The highest BCUT2D eigenvalue weighted by molar-refractivity contribution is 6.05. The highest BCUT2D eigenvalue weighted by Crippen LogP contribution is 2.17. The van der Waals surface area contributed by atoms with Crippen molar-refractivity contribution in [2.24, 2.45) is 0 Å². The van der Waals surface area contributed by atoms with E-state index in [1.54, 1.807) is 38.3 Å². The summed E-state index contributed by atoms with van der Waals surface area (Å²) in [5.41, 5.74) is 1.29. The minimum Gasteiger partial charge on any atom is -0.497 e. The number of carboxylic acids is 1. The highest BCUT2D eigenvalue weighted by atomic mass is 16.5. The summed E-state index contributed by atoms with van der Waals surface area (Å²) < 4.78 is 6.29. The molecule has 0 bridgehead atoms. The normalized spacial score (nSPS) is 10.6. The molecule has 3 aromatic rings. The zero-order chi connectivity index (χ0) is 17.3. The van der Waals surface area contributed by atoms with Crippen LogP contribution < -0.4 is 10.1 Å². The van der Waals surface area contributed by atoms with Crippen molar-refractivity contribution in [3.8, 4) is 5.75 Å². The molecule has 0 atom stereocenters. The summed E-state index contributed by atoms with van der Waals surface area (Å²) in [6.45, 7) is 1.64. The van der Waals surface area contributed by atoms with E-state index in [-0.39, 0.29) is 23.1 Å². The molecule has 2 N–H and O–H groups in total. The quantitative estimate of drug-likeness (QED) is 0.743. The van der Waals surface area contributed by atoms with Gasteiger partial charge >= 0.3 is 5.97 Å². The number of carbonyl (C=O) groups is 2. The zero-order valence-corrected chi connectivity index (χ0v) is 12.8. The first-order valence-corrected chi connectivity index (χ1v) is 6.90. The summed E-state index contributed by atoms with van der Waals surface area (Å²) in [6, 6.07) is 6.85. The van der Waals surface area contributed by atoms with Crippen LogP contribution in [0.25, 0.3) is 5.78 Å². The summed E-state index contributed by atoms with van der Waals surface area (Å²) in [5.74, 6) is -1.23. The van der Waals surface area contributed by atoms with Crippen molar-refractivity contribution in [2.75, 3.05) is 12.4 Å². The van der Waals surface area contributed by atoms with Gasteiger partial charge in [-0.3, -0.25) is 4.79 Å². The Balaban J connectivity index is 1.91. The fourth-order valence-corrected chi connectivity index (χ4v) is 2.13. The summed E-state index contributed by atoms with van der Waals surface area (Å²) in [4.78, 5) is 31.1. The van der Waals surface area contributed by atoms with E-state index in [1.807, 2.05) is 0 Å². The van der Waals surface area contributed by atoms with Crippen molar-refractivity contribution < 1.29 is 19.4 Å². The number of aryl methyl sites for hydroxylation is 1. The Bertz CT molecular complexity index is 933. The topological polar surface area (TPSA) is 119 Å². The molecule has 3 rings (SSSR count). The first-order valence-electron chi connectivity index (χ1n) is 6.90. The van der Waals surface area contributed by atoms with Gasteiger partial charge in [0.2, 0.25) is 0 Å². The summed E-state index contributed by atoms with van der Waals surface area (Å²) >= 11 is 0. The second-order valence-corrected chi connectivity index (χ2v) is 4.89. The maximum atomic E-state index is 12.4. The lowest BCUT2D eigenvalue weighted by Crippen LogP contribution is -2.16. The number of methoxy groups -OCH3 is 1. The van der Waals surface area contributed by atoms with Crippen LogP contribution >= 0.6 is 0 Å². The molecule has 0 radical (unpaired) electrons. The number of ether oxygens (including phenoxy) is 1. The van der Waals surface area contributed by atoms with Crippen molar-refractivity contribution in [3.05, 3.63) is 47.5 Å². The van der Waals surface area contributed by atoms with Crippen LogP contribution in [0.3, 0.4) is 0 Å². The molecule has 0 fully saturated rings. The Labute approximate surface area is 135 Å². The number of hydrogen-bond donors (Lipinski definition) is 2. The Kier molecular flexibility index (Phi) is 3.82. The van der Waals surface area contributed by atoms with Crippen LogP contribution in [0, 0.1) is 6.92 Å². The van der Waals surface area contributed by atoms with Gasteiger partial charge in [0.05, 0.1) is 18.4 Å². The van der Waals surface area contributed by atoms with Crippen LogP contribution in [-0.4, -0.2) is 43.7 Å². The molecule has 2 heterocycles. The molecular formula is C15H13N5O4. The van der Waals surface area contributed by atoms with E-state index in [9.17, 15) is 9.59 Å². The number of amides is 1. The Morgan fingerprint density at radius 2 is 1.96 bits per heavy atom. The van der Waals surface area contributed by atoms with Gasteiger partial charge in [0.25, 0.3) is 17.5 Å². The number of anilines is 1. The van der Waals surface area contributed by atoms with Crippen LogP contribution in [0.4, 0.5) is 5.69 Å². The van der Waals surface area contributed by atoms with Crippen molar-refractivity contribution in [1.82, 2.24) is 19.6 Å². The molecule has 0 spiro atoms. The smallest absolute Gasteiger partial charge is 0.375 e. The van der Waals surface area contributed by atoms with Crippen molar-refractivity contribution in [1.29, 1.82) is 0 Å². The van der Waals surface area contributed by atoms with E-state index in [4.69, 9.17) is 9.84 Å². The second kappa shape index (κ2) is 5.95. The lowest BCUT2D eigenvalue weighted by Gasteiger charge is -2.08. The minimum absolute atomic E-state index is 0.117. The predicted octanol–water partition coefficient (Wildman–Crippen LogP) is 1.39. The van der Waals surface area contributed by atoms with E-state index < -0.39 is 5.97 Å². The van der Waals surface area contributed by atoms with E-state index in [2.05, 4.69) is 20.4 Å². The van der Waals surface area contributed by atoms with E-state index >= 15 is 0 Å². The van der Waals surface area contributed by atoms with Crippen LogP contribution in [0.5, 0.6) is 5.75 Å². The third-order valence-corrected chi connectivity index (χ3v) is 3.39. The summed E-state index contributed by atoms with van der Waals surface area (Å²) in [7, 11) is 1.56. The molecule has 0 aliphatic rings. The molecule has 122 valence electrons. The fraction of sp³-hybridized carbons (Fsp3) is 0.133. The van der Waals surface area contributed by atoms with Gasteiger partial charge < -0.3 is 15.2 Å². The monoisotopic (exact) mass is 327 g/mol. The van der Waals surface area contributed by atoms with E-state index in [0.717, 1.165) is 0 Å². The average Bonchev–Trinajstić information content (AvgIpc) is 3.01. The first kappa shape index (κ1) is 15.4. The fourth-order valence-electron chi connectivity index (χ4n) is 2.13. The molecule has 2 aromatic heterocycles. The molecule has 1 amide bonds. The molecule has 1 aromatic carbocycles. The molecule has 0 saturated heterocycles. The molecular weight excluding hydrogens is 314 g/mol. The largest absolute Gasteiger partial charge is 0.497 e. The number of aromatic nitrogens is 4. The number of hydrogen-bond acceptors (Lipinski definition) is 6. The number of benzene rings is 1. The Morgan fingerprint density at radius 3 is 2.58 bits per heavy atom. The molecule has 24 heavy (non-hydrogen) atoms. The Morgan fingerprint density at radius 1 is 1.25 bits per heavy atom. The maximum absolute atomic E-state index is 12.4. The van der Waals surface area contributed by atoms with Gasteiger partial charge in [0.15, 0.2) is 0 Å². The number of nitrogens with zero attached hydrogens (tertiary/aromatic N) is 4. The van der Waals surface area contributed by atoms with Crippen LogP contribution in [0.2, 0.25) is 0 Å². The standard InChI is InChI=1S/C15H13N5O4/c1-8-11(7-16-15-18-12(14(22)23)19-20(8)15)13(21)17-9-3-5-10(24-2)6-4-9/h3-7H,1-2H3,(H,17,21)(H,22,23). The SMILES string of the molecule is COc1ccc(NC(=O)c2cnc3nc(C(=O)O)nn3c2C)cc1. The third-order valence-electron chi connectivity index (χ3n) is 3.39. The van der Waals surface area contributed by atoms with Gasteiger partial charge in [-0.2, -0.15) is 9.50 Å². The third kappa shape index (κ3) is 2.74. The molecule has 0 unspecified atom stereocenters. The van der Waals surface area contributed by atoms with Gasteiger partial charge in [0, 0.05) is 11.9 Å². The number of carboxylic acid groups (broad SMARTS) is 1.